The normalized spacial score (nSPS) is 12.4. The average molecular weight is 699 g/mol. The minimum absolute atomic E-state index is 0.0551. The van der Waals surface area contributed by atoms with Crippen molar-refractivity contribution >= 4 is 69.2 Å². The van der Waals surface area contributed by atoms with E-state index in [2.05, 4.69) is 65.5 Å². The molecule has 0 radical (unpaired) electrons. The number of aromatic amines is 1. The molecule has 10 nitrogen and oxygen atoms in total. The summed E-state index contributed by atoms with van der Waals surface area (Å²) in [6.07, 6.45) is 8.59. The van der Waals surface area contributed by atoms with Gasteiger partial charge in [0, 0.05) is 44.1 Å². The maximum absolute atomic E-state index is 12.7. The van der Waals surface area contributed by atoms with Crippen LogP contribution in [0, 0.1) is 10.8 Å². The number of hydrogen-bond donors (Lipinski definition) is 1. The van der Waals surface area contributed by atoms with Gasteiger partial charge in [-0.1, -0.05) is 61.2 Å². The predicted molar refractivity (Wildman–Crippen MR) is 182 cm³/mol. The number of halogens is 1. The van der Waals surface area contributed by atoms with Crippen LogP contribution in [0.4, 0.5) is 0 Å². The lowest BCUT2D eigenvalue weighted by Crippen LogP contribution is -2.22. The molecule has 0 spiro atoms. The molecule has 0 fully saturated rings. The van der Waals surface area contributed by atoms with Crippen LogP contribution >= 0.6 is 27.3 Å². The van der Waals surface area contributed by atoms with Crippen molar-refractivity contribution in [1.82, 2.24) is 34.5 Å². The summed E-state index contributed by atoms with van der Waals surface area (Å²) in [5, 5.41) is 0. The molecule has 0 aromatic carbocycles. The van der Waals surface area contributed by atoms with Crippen molar-refractivity contribution in [2.75, 3.05) is 6.61 Å². The van der Waals surface area contributed by atoms with Gasteiger partial charge in [0.05, 0.1) is 33.9 Å². The Bertz CT molecular complexity index is 1780. The number of ether oxygens (including phenoxy) is 1. The quantitative estimate of drug-likeness (QED) is 0.0980. The molecule has 5 aromatic heterocycles. The molecular weight excluding hydrogens is 658 g/mol. The Morgan fingerprint density at radius 2 is 1.64 bits per heavy atom. The summed E-state index contributed by atoms with van der Waals surface area (Å²) >= 11 is 4.84. The van der Waals surface area contributed by atoms with Crippen LogP contribution in [-0.2, 0) is 11.5 Å². The van der Waals surface area contributed by atoms with Crippen LogP contribution in [0.1, 0.15) is 62.3 Å². The number of carbonyl (C=O) groups is 2. The van der Waals surface area contributed by atoms with Gasteiger partial charge >= 0.3 is 0 Å². The van der Waals surface area contributed by atoms with E-state index in [-0.39, 0.29) is 11.6 Å². The van der Waals surface area contributed by atoms with Crippen LogP contribution in [0.3, 0.4) is 0 Å². The summed E-state index contributed by atoms with van der Waals surface area (Å²) in [5.41, 5.74) is 5.31. The van der Waals surface area contributed by atoms with Gasteiger partial charge in [0.25, 0.3) is 0 Å². The third kappa shape index (κ3) is 8.12. The molecule has 234 valence electrons. The molecule has 0 amide bonds. The summed E-state index contributed by atoms with van der Waals surface area (Å²) in [4.78, 5) is 50.9. The van der Waals surface area contributed by atoms with E-state index in [1.54, 1.807) is 30.3 Å². The molecule has 5 rings (SSSR count). The summed E-state index contributed by atoms with van der Waals surface area (Å²) < 4.78 is 8.31. The Labute approximate surface area is 271 Å². The fourth-order valence-corrected chi connectivity index (χ4v) is 5.78. The third-order valence-electron chi connectivity index (χ3n) is 6.68. The van der Waals surface area contributed by atoms with E-state index in [9.17, 15) is 9.59 Å². The van der Waals surface area contributed by atoms with Crippen LogP contribution < -0.4 is 0 Å². The zero-order valence-electron chi connectivity index (χ0n) is 26.8. The van der Waals surface area contributed by atoms with Crippen LogP contribution in [-0.4, -0.2) is 60.7 Å². The lowest BCUT2D eigenvalue weighted by molar-refractivity contribution is 0.0846. The lowest BCUT2D eigenvalue weighted by Gasteiger charge is -2.16. The van der Waals surface area contributed by atoms with Crippen molar-refractivity contribution < 1.29 is 14.3 Å². The second-order valence-corrected chi connectivity index (χ2v) is 21.2. The summed E-state index contributed by atoms with van der Waals surface area (Å²) in [5.74, 6) is 0.111. The third-order valence-corrected chi connectivity index (χ3v) is 9.56. The molecule has 0 aliphatic rings. The van der Waals surface area contributed by atoms with Gasteiger partial charge in [-0.15, -0.1) is 11.3 Å². The molecule has 1 N–H and O–H groups in total. The molecular formula is C31H40BrN7O3SSi. The largest absolute Gasteiger partial charge is 0.361 e. The summed E-state index contributed by atoms with van der Waals surface area (Å²) in [6, 6.07) is 1.11. The van der Waals surface area contributed by atoms with E-state index in [1.165, 1.54) is 11.3 Å². The van der Waals surface area contributed by atoms with Gasteiger partial charge in [-0.3, -0.25) is 14.6 Å². The molecule has 13 heteroatoms. The van der Waals surface area contributed by atoms with Crippen LogP contribution in [0.25, 0.3) is 32.9 Å². The first-order chi connectivity index (χ1) is 20.5. The van der Waals surface area contributed by atoms with E-state index >= 15 is 0 Å². The highest BCUT2D eigenvalue weighted by Crippen LogP contribution is 2.29. The highest BCUT2D eigenvalue weighted by molar-refractivity contribution is 9.10. The van der Waals surface area contributed by atoms with E-state index in [1.807, 2.05) is 52.3 Å². The number of H-pyrrole nitrogens is 1. The van der Waals surface area contributed by atoms with Crippen molar-refractivity contribution in [3.8, 4) is 10.6 Å². The van der Waals surface area contributed by atoms with Crippen molar-refractivity contribution in [2.45, 2.75) is 74.0 Å². The molecule has 44 heavy (non-hydrogen) atoms. The van der Waals surface area contributed by atoms with Crippen LogP contribution in [0.15, 0.2) is 41.1 Å². The number of carbonyl (C=O) groups excluding carboxylic acids is 2. The second-order valence-electron chi connectivity index (χ2n) is 13.9. The van der Waals surface area contributed by atoms with E-state index in [0.29, 0.717) is 44.8 Å². The Balaban J connectivity index is 0.000000204. The minimum Gasteiger partial charge on any atom is -0.361 e. The predicted octanol–water partition coefficient (Wildman–Crippen LogP) is 8.05. The maximum atomic E-state index is 12.7. The molecule has 0 unspecified atom stereocenters. The van der Waals surface area contributed by atoms with Crippen molar-refractivity contribution in [3.05, 3.63) is 52.2 Å². The number of hydrogen-bond acceptors (Lipinski definition) is 9. The van der Waals surface area contributed by atoms with Crippen molar-refractivity contribution in [1.29, 1.82) is 0 Å². The standard InChI is InChI=1S/C17H26BrN3O2Si.C14H14N4OS/c1-17(2,3)15(22)12-10-21(11-23-7-8-24(4,5)6)16-14(12)20-13(18)9-19-16;1-14(2,3)12(19)8-4-16-13-11(8)18-9(5-17-13)10-6-15-7-20-10/h9-10H,7-8,11H2,1-6H3;4-7H,1-3H3,(H,16,17). The molecule has 5 aromatic rings. The lowest BCUT2D eigenvalue weighted by atomic mass is 9.87. The van der Waals surface area contributed by atoms with Gasteiger partial charge < -0.3 is 14.3 Å². The molecule has 5 heterocycles. The van der Waals surface area contributed by atoms with Gasteiger partial charge in [-0.2, -0.15) is 0 Å². The molecule has 0 atom stereocenters. The Hall–Kier alpha value is -3.13. The van der Waals surface area contributed by atoms with E-state index < -0.39 is 18.9 Å². The minimum atomic E-state index is -1.12. The molecule has 0 saturated heterocycles. The smallest absolute Gasteiger partial charge is 0.171 e. The van der Waals surface area contributed by atoms with Gasteiger partial charge in [0.15, 0.2) is 22.9 Å². The molecule has 0 bridgehead atoms. The molecule has 0 aliphatic carbocycles. The number of Topliss-reactive ketones (excluding diaryl/α,β-unsaturated/α-hetero) is 2. The maximum Gasteiger partial charge on any atom is 0.171 e. The number of rotatable bonds is 8. The zero-order valence-corrected chi connectivity index (χ0v) is 30.2. The fraction of sp³-hybridized carbons (Fsp3) is 0.452. The van der Waals surface area contributed by atoms with Gasteiger partial charge in [-0.25, -0.2) is 19.9 Å². The Kier molecular flexibility index (Phi) is 10.0. The Morgan fingerprint density at radius 1 is 0.955 bits per heavy atom. The summed E-state index contributed by atoms with van der Waals surface area (Å²) in [6.45, 7) is 19.5. The molecule has 0 saturated carbocycles. The number of thiazole rings is 1. The first-order valence-electron chi connectivity index (χ1n) is 14.4. The van der Waals surface area contributed by atoms with Gasteiger partial charge in [0.1, 0.15) is 28.1 Å². The highest BCUT2D eigenvalue weighted by Gasteiger charge is 2.28. The molecule has 0 aliphatic heterocycles. The summed E-state index contributed by atoms with van der Waals surface area (Å²) in [7, 11) is -1.12. The zero-order chi connectivity index (χ0) is 32.4. The van der Waals surface area contributed by atoms with E-state index in [0.717, 1.165) is 23.2 Å². The average Bonchev–Trinajstić information content (AvgIpc) is 3.68. The SMILES string of the molecule is CC(C)(C)C(=O)c1c[nH]c2ncc(-c3cncs3)nc12.CC(C)(C)C(=O)c1cn(COCC[Si](C)(C)C)c2ncc(Br)nc12. The monoisotopic (exact) mass is 697 g/mol. The highest BCUT2D eigenvalue weighted by atomic mass is 79.9. The fourth-order valence-electron chi connectivity index (χ4n) is 4.17. The topological polar surface area (TPSA) is 129 Å². The van der Waals surface area contributed by atoms with Crippen molar-refractivity contribution in [3.63, 3.8) is 0 Å². The Morgan fingerprint density at radius 3 is 2.25 bits per heavy atom. The number of aromatic nitrogens is 7. The van der Waals surface area contributed by atoms with Crippen LogP contribution in [0.5, 0.6) is 0 Å². The van der Waals surface area contributed by atoms with E-state index in [4.69, 9.17) is 4.74 Å². The van der Waals surface area contributed by atoms with Gasteiger partial charge in [0.2, 0.25) is 0 Å². The van der Waals surface area contributed by atoms with Crippen molar-refractivity contribution in [2.24, 2.45) is 10.8 Å². The first kappa shape index (κ1) is 33.8. The number of fused-ring (bicyclic) bond motifs is 2. The number of ketones is 2. The number of nitrogens with zero attached hydrogens (tertiary/aromatic N) is 6. The first-order valence-corrected chi connectivity index (χ1v) is 19.8. The van der Waals surface area contributed by atoms with Crippen LogP contribution in [0.2, 0.25) is 25.7 Å². The second kappa shape index (κ2) is 13.1. The number of nitrogens with one attached hydrogen (secondary N) is 1. The van der Waals surface area contributed by atoms with Gasteiger partial charge in [-0.05, 0) is 22.0 Å².